The van der Waals surface area contributed by atoms with Gasteiger partial charge < -0.3 is 5.32 Å². The number of nitrogens with zero attached hydrogens (tertiary/aromatic N) is 3. The zero-order valence-electron chi connectivity index (χ0n) is 20.8. The Morgan fingerprint density at radius 1 is 0.919 bits per heavy atom. The van der Waals surface area contributed by atoms with Crippen LogP contribution in [0.3, 0.4) is 0 Å². The highest BCUT2D eigenvalue weighted by Gasteiger charge is 2.73. The number of nitro benzene ring substituents is 1. The van der Waals surface area contributed by atoms with Crippen molar-refractivity contribution in [1.82, 2.24) is 9.97 Å². The molecule has 2 aliphatic rings. The number of non-ortho nitro benzene ring substituents is 1. The summed E-state index contributed by atoms with van der Waals surface area (Å²) in [7, 11) is 0. The molecule has 2 atom stereocenters. The van der Waals surface area contributed by atoms with Gasteiger partial charge in [-0.25, -0.2) is 9.97 Å². The smallest absolute Gasteiger partial charge is 0.271 e. The fourth-order valence-electron chi connectivity index (χ4n) is 6.21. The van der Waals surface area contributed by atoms with Crippen molar-refractivity contribution < 1.29 is 9.72 Å². The van der Waals surface area contributed by atoms with E-state index in [1.54, 1.807) is 17.8 Å². The van der Waals surface area contributed by atoms with Crippen molar-refractivity contribution in [3.05, 3.63) is 94.3 Å². The van der Waals surface area contributed by atoms with Crippen molar-refractivity contribution in [3.63, 3.8) is 0 Å². The van der Waals surface area contributed by atoms with Crippen LogP contribution in [-0.4, -0.2) is 20.8 Å². The summed E-state index contributed by atoms with van der Waals surface area (Å²) in [6, 6.07) is 22.4. The predicted molar refractivity (Wildman–Crippen MR) is 144 cm³/mol. The van der Waals surface area contributed by atoms with Crippen LogP contribution in [0.15, 0.2) is 82.6 Å². The Morgan fingerprint density at radius 3 is 2.38 bits per heavy atom. The van der Waals surface area contributed by atoms with Gasteiger partial charge in [0, 0.05) is 27.3 Å². The van der Waals surface area contributed by atoms with Crippen molar-refractivity contribution >= 4 is 40.1 Å². The van der Waals surface area contributed by atoms with Crippen LogP contribution < -0.4 is 5.32 Å². The first-order valence-corrected chi connectivity index (χ1v) is 13.1. The van der Waals surface area contributed by atoms with Crippen LogP contribution in [0.25, 0.3) is 11.0 Å². The summed E-state index contributed by atoms with van der Waals surface area (Å²) < 4.78 is 0. The number of fused-ring (bicyclic) bond motifs is 6. The molecule has 4 aromatic rings. The second-order valence-corrected chi connectivity index (χ2v) is 11.7. The van der Waals surface area contributed by atoms with Crippen LogP contribution in [0.1, 0.15) is 45.0 Å². The predicted octanol–water partition coefficient (Wildman–Crippen LogP) is 6.66. The van der Waals surface area contributed by atoms with Gasteiger partial charge in [0.15, 0.2) is 0 Å². The van der Waals surface area contributed by atoms with Crippen molar-refractivity contribution in [3.8, 4) is 0 Å². The second kappa shape index (κ2) is 8.11. The highest BCUT2D eigenvalue weighted by molar-refractivity contribution is 7.99. The van der Waals surface area contributed by atoms with Crippen molar-refractivity contribution in [2.24, 2.45) is 5.41 Å². The number of anilines is 1. The second-order valence-electron chi connectivity index (χ2n) is 10.6. The van der Waals surface area contributed by atoms with Gasteiger partial charge in [-0.3, -0.25) is 14.9 Å². The molecule has 0 saturated heterocycles. The Kier molecular flexibility index (Phi) is 5.18. The largest absolute Gasteiger partial charge is 0.324 e. The van der Waals surface area contributed by atoms with Gasteiger partial charge in [0.25, 0.3) is 5.69 Å². The molecule has 6 rings (SSSR count). The lowest BCUT2D eigenvalue weighted by molar-refractivity contribution is -0.384. The van der Waals surface area contributed by atoms with Gasteiger partial charge in [-0.1, -0.05) is 62.9 Å². The number of rotatable bonds is 5. The fourth-order valence-corrected chi connectivity index (χ4v) is 7.13. The van der Waals surface area contributed by atoms with Gasteiger partial charge >= 0.3 is 0 Å². The molecule has 1 fully saturated rings. The molecule has 2 unspecified atom stereocenters. The summed E-state index contributed by atoms with van der Waals surface area (Å²) in [5.41, 5.74) is 1.50. The molecule has 3 aromatic carbocycles. The number of hydrogen-bond acceptors (Lipinski definition) is 6. The monoisotopic (exact) mass is 510 g/mol. The van der Waals surface area contributed by atoms with Crippen LogP contribution in [0.4, 0.5) is 11.4 Å². The van der Waals surface area contributed by atoms with E-state index >= 15 is 0 Å². The number of nitrogens with one attached hydrogen (secondary N) is 1. The molecule has 1 aromatic heterocycles. The SMILES string of the molecule is CC12CCC(C(=O)Nc3ccccc3Sc3ccccc3)(c3nc4cc([N+](=O)[O-])ccc4nc31)C2(C)C. The van der Waals surface area contributed by atoms with E-state index in [9.17, 15) is 14.9 Å². The third-order valence-corrected chi connectivity index (χ3v) is 9.81. The lowest BCUT2D eigenvalue weighted by atomic mass is 9.63. The lowest BCUT2D eigenvalue weighted by Crippen LogP contribution is -2.48. The highest BCUT2D eigenvalue weighted by Crippen LogP contribution is 2.70. The maximum Gasteiger partial charge on any atom is 0.271 e. The summed E-state index contributed by atoms with van der Waals surface area (Å²) >= 11 is 1.60. The summed E-state index contributed by atoms with van der Waals surface area (Å²) in [4.78, 5) is 37.2. The average Bonchev–Trinajstić information content (AvgIpc) is 3.18. The summed E-state index contributed by atoms with van der Waals surface area (Å²) in [6.07, 6.45) is 1.45. The molecule has 186 valence electrons. The van der Waals surface area contributed by atoms with E-state index in [1.165, 1.54) is 12.1 Å². The molecule has 8 heteroatoms. The van der Waals surface area contributed by atoms with Gasteiger partial charge in [0.05, 0.1) is 38.4 Å². The van der Waals surface area contributed by atoms with E-state index in [4.69, 9.17) is 9.97 Å². The van der Waals surface area contributed by atoms with E-state index in [0.717, 1.165) is 27.6 Å². The minimum atomic E-state index is -0.909. The average molecular weight is 511 g/mol. The van der Waals surface area contributed by atoms with Crippen LogP contribution in [0, 0.1) is 15.5 Å². The third-order valence-electron chi connectivity index (χ3n) is 8.73. The summed E-state index contributed by atoms with van der Waals surface area (Å²) in [5, 5.41) is 14.6. The first-order valence-electron chi connectivity index (χ1n) is 12.3. The maximum absolute atomic E-state index is 14.3. The number of aromatic nitrogens is 2. The molecule has 1 amide bonds. The molecule has 7 nitrogen and oxygen atoms in total. The van der Waals surface area contributed by atoms with Crippen molar-refractivity contribution in [2.45, 2.75) is 54.2 Å². The number of benzene rings is 3. The Morgan fingerprint density at radius 2 is 1.62 bits per heavy atom. The van der Waals surface area contributed by atoms with Crippen LogP contribution in [0.5, 0.6) is 0 Å². The number of hydrogen-bond donors (Lipinski definition) is 1. The molecule has 1 saturated carbocycles. The standard InChI is InChI=1S/C29H26N4O3S/c1-27(2)28(3)15-16-29(27,25-24(28)30-20-14-13-18(33(35)36)17-22(20)31-25)26(34)32-21-11-7-8-12-23(21)37-19-9-5-4-6-10-19/h4-14,17H,15-16H2,1-3H3,(H,32,34). The number of nitro groups is 1. The van der Waals surface area contributed by atoms with Crippen LogP contribution >= 0.6 is 11.8 Å². The van der Waals surface area contributed by atoms with Gasteiger partial charge in [-0.05, 0) is 48.6 Å². The molecule has 2 bridgehead atoms. The first kappa shape index (κ1) is 23.6. The summed E-state index contributed by atoms with van der Waals surface area (Å²) in [5.74, 6) is -0.111. The number of para-hydroxylation sites is 1. The zero-order valence-corrected chi connectivity index (χ0v) is 21.6. The van der Waals surface area contributed by atoms with Gasteiger partial charge in [-0.15, -0.1) is 0 Å². The molecule has 0 radical (unpaired) electrons. The number of carbonyl (C=O) groups is 1. The van der Waals surface area contributed by atoms with Gasteiger partial charge in [-0.2, -0.15) is 0 Å². The quantitative estimate of drug-likeness (QED) is 0.238. The first-order chi connectivity index (χ1) is 17.7. The summed E-state index contributed by atoms with van der Waals surface area (Å²) in [6.45, 7) is 6.42. The molecule has 37 heavy (non-hydrogen) atoms. The highest BCUT2D eigenvalue weighted by atomic mass is 32.2. The topological polar surface area (TPSA) is 98.0 Å². The Labute approximate surface area is 218 Å². The van der Waals surface area contributed by atoms with E-state index in [1.807, 2.05) is 54.6 Å². The molecule has 1 N–H and O–H groups in total. The zero-order chi connectivity index (χ0) is 26.0. The Balaban J connectivity index is 1.45. The lowest BCUT2D eigenvalue weighted by Gasteiger charge is -2.39. The molecule has 1 heterocycles. The molecular weight excluding hydrogens is 484 g/mol. The minimum Gasteiger partial charge on any atom is -0.324 e. The van der Waals surface area contributed by atoms with Crippen molar-refractivity contribution in [1.29, 1.82) is 0 Å². The molecule has 0 aliphatic heterocycles. The third kappa shape index (κ3) is 3.25. The van der Waals surface area contributed by atoms with Gasteiger partial charge in [0.2, 0.25) is 5.91 Å². The Bertz CT molecular complexity index is 1590. The minimum absolute atomic E-state index is 0.0410. The van der Waals surface area contributed by atoms with Crippen LogP contribution in [-0.2, 0) is 15.6 Å². The molecular formula is C29H26N4O3S. The van der Waals surface area contributed by atoms with E-state index in [2.05, 4.69) is 26.1 Å². The fraction of sp³-hybridized carbons (Fsp3) is 0.276. The van der Waals surface area contributed by atoms with E-state index < -0.39 is 15.8 Å². The normalized spacial score (nSPS) is 23.1. The van der Waals surface area contributed by atoms with E-state index in [0.29, 0.717) is 23.1 Å². The van der Waals surface area contributed by atoms with Gasteiger partial charge in [0.1, 0.15) is 0 Å². The number of carbonyl (C=O) groups excluding carboxylic acids is 1. The number of amides is 1. The molecule has 0 spiro atoms. The molecule has 2 aliphatic carbocycles. The maximum atomic E-state index is 14.3. The Hall–Kier alpha value is -3.78. The van der Waals surface area contributed by atoms with Crippen molar-refractivity contribution in [2.75, 3.05) is 5.32 Å². The van der Waals surface area contributed by atoms with Crippen LogP contribution in [0.2, 0.25) is 0 Å². The van der Waals surface area contributed by atoms with E-state index in [-0.39, 0.29) is 17.0 Å².